The standard InChI is InChI=1S/C35H39F3N2O11S2Si/c1-24-16-18-25(19-17-24)52(43,44)48-22-34(23-49-54(33(2,3)4,26-12-8-6-9-13-26)27-14-10-7-11-15-27)30(47-5)29(51-53(45,46)35(36,37)38)31(50-34)40-21-20-28(41)39-32(40)42/h6-21,29-31H,22-23H2,1-5H3,(H,39,41,42)/t29-,30-,31+,34+/m0/s1. The summed E-state index contributed by atoms with van der Waals surface area (Å²) in [6.45, 7) is 5.80. The molecule has 13 nitrogen and oxygen atoms in total. The lowest BCUT2D eigenvalue weighted by atomic mass is 9.97. The van der Waals surface area contributed by atoms with Crippen molar-refractivity contribution in [1.29, 1.82) is 0 Å². The van der Waals surface area contributed by atoms with Crippen LogP contribution in [0.25, 0.3) is 0 Å². The van der Waals surface area contributed by atoms with E-state index in [-0.39, 0.29) is 4.90 Å². The predicted octanol–water partition coefficient (Wildman–Crippen LogP) is 3.34. The lowest BCUT2D eigenvalue weighted by Crippen LogP contribution is -2.68. The van der Waals surface area contributed by atoms with Gasteiger partial charge in [0.25, 0.3) is 24.0 Å². The molecule has 3 aromatic carbocycles. The Kier molecular flexibility index (Phi) is 11.7. The van der Waals surface area contributed by atoms with Crippen LogP contribution in [0.2, 0.25) is 5.04 Å². The third-order valence-corrected chi connectivity index (χ3v) is 16.4. The molecule has 54 heavy (non-hydrogen) atoms. The van der Waals surface area contributed by atoms with Gasteiger partial charge in [0.1, 0.15) is 18.3 Å². The number of benzene rings is 3. The Morgan fingerprint density at radius 1 is 0.852 bits per heavy atom. The van der Waals surface area contributed by atoms with E-state index in [1.54, 1.807) is 43.3 Å². The van der Waals surface area contributed by atoms with Crippen LogP contribution in [-0.2, 0) is 42.5 Å². The first-order valence-corrected chi connectivity index (χ1v) is 21.1. The molecule has 1 aliphatic rings. The molecule has 0 amide bonds. The van der Waals surface area contributed by atoms with Crippen molar-refractivity contribution in [2.45, 2.75) is 67.2 Å². The van der Waals surface area contributed by atoms with Gasteiger partial charge in [-0.05, 0) is 34.5 Å². The minimum atomic E-state index is -6.42. The van der Waals surface area contributed by atoms with Gasteiger partial charge in [0.05, 0.1) is 11.5 Å². The number of halogens is 3. The summed E-state index contributed by atoms with van der Waals surface area (Å²) in [6, 6.07) is 24.7. The Labute approximate surface area is 311 Å². The monoisotopic (exact) mass is 812 g/mol. The Morgan fingerprint density at radius 2 is 1.41 bits per heavy atom. The van der Waals surface area contributed by atoms with E-state index in [1.807, 2.05) is 50.0 Å². The van der Waals surface area contributed by atoms with Gasteiger partial charge in [0.2, 0.25) is 0 Å². The van der Waals surface area contributed by atoms with E-state index < -0.39 is 87.6 Å². The van der Waals surface area contributed by atoms with Gasteiger partial charge >= 0.3 is 21.3 Å². The van der Waals surface area contributed by atoms with Crippen LogP contribution in [0, 0.1) is 6.92 Å². The van der Waals surface area contributed by atoms with Gasteiger partial charge in [0.15, 0.2) is 12.3 Å². The smallest absolute Gasteiger partial charge is 0.404 e. The lowest BCUT2D eigenvalue weighted by molar-refractivity contribution is -0.148. The summed E-state index contributed by atoms with van der Waals surface area (Å²) in [5.41, 5.74) is -9.61. The number of aromatic amines is 1. The number of ether oxygens (including phenoxy) is 2. The molecule has 5 rings (SSSR count). The fraction of sp³-hybridized carbons (Fsp3) is 0.371. The second-order valence-corrected chi connectivity index (χ2v) is 21.2. The maximum atomic E-state index is 13.9. The zero-order valence-electron chi connectivity index (χ0n) is 29.8. The van der Waals surface area contributed by atoms with Crippen LogP contribution >= 0.6 is 0 Å². The number of hydrogen-bond donors (Lipinski definition) is 1. The molecule has 1 N–H and O–H groups in total. The average molecular weight is 813 g/mol. The number of aromatic nitrogens is 2. The quantitative estimate of drug-likeness (QED) is 0.119. The molecule has 292 valence electrons. The number of aryl methyl sites for hydroxylation is 1. The highest BCUT2D eigenvalue weighted by Crippen LogP contribution is 2.45. The largest absolute Gasteiger partial charge is 0.523 e. The van der Waals surface area contributed by atoms with Crippen LogP contribution in [-0.4, -0.2) is 78.3 Å². The van der Waals surface area contributed by atoms with Crippen LogP contribution in [0.5, 0.6) is 0 Å². The van der Waals surface area contributed by atoms with Crippen molar-refractivity contribution in [1.82, 2.24) is 9.55 Å². The van der Waals surface area contributed by atoms with Crippen molar-refractivity contribution < 1.29 is 52.3 Å². The number of rotatable bonds is 13. The normalized spacial score (nSPS) is 21.3. The first-order chi connectivity index (χ1) is 25.2. The number of nitrogens with zero attached hydrogens (tertiary/aromatic N) is 1. The molecule has 0 saturated carbocycles. The molecule has 1 aromatic heterocycles. The number of nitrogens with one attached hydrogen (secondary N) is 1. The van der Waals surface area contributed by atoms with Crippen molar-refractivity contribution in [3.8, 4) is 0 Å². The fourth-order valence-electron chi connectivity index (χ4n) is 6.53. The third-order valence-electron chi connectivity index (χ3n) is 9.07. The van der Waals surface area contributed by atoms with Crippen molar-refractivity contribution in [3.63, 3.8) is 0 Å². The first-order valence-electron chi connectivity index (χ1n) is 16.4. The molecule has 0 spiro atoms. The Morgan fingerprint density at radius 3 is 1.89 bits per heavy atom. The molecule has 0 bridgehead atoms. The summed E-state index contributed by atoms with van der Waals surface area (Å²) in [4.78, 5) is 26.7. The molecule has 1 saturated heterocycles. The average Bonchev–Trinajstić information content (AvgIpc) is 3.39. The van der Waals surface area contributed by atoms with Crippen molar-refractivity contribution in [2.75, 3.05) is 20.3 Å². The number of H-pyrrole nitrogens is 1. The van der Waals surface area contributed by atoms with Gasteiger partial charge in [-0.3, -0.25) is 22.7 Å². The molecular weight excluding hydrogens is 774 g/mol. The lowest BCUT2D eigenvalue weighted by Gasteiger charge is -2.45. The van der Waals surface area contributed by atoms with Gasteiger partial charge in [-0.25, -0.2) is 4.79 Å². The summed E-state index contributed by atoms with van der Waals surface area (Å²) < 4.78 is 124. The number of methoxy groups -OCH3 is 1. The van der Waals surface area contributed by atoms with Crippen molar-refractivity contribution in [3.05, 3.63) is 124 Å². The summed E-state index contributed by atoms with van der Waals surface area (Å²) in [5, 5.41) is 0.803. The van der Waals surface area contributed by atoms with Gasteiger partial charge < -0.3 is 13.9 Å². The first kappa shape index (κ1) is 41.2. The SMILES string of the molecule is CO[C@H]1[C@H](OS(=O)(=O)C(F)(F)F)[C@H](n2ccc(=O)[nH]c2=O)O[C@@]1(CO[Si](c1ccccc1)(c1ccccc1)C(C)(C)C)COS(=O)(=O)c1ccc(C)cc1. The van der Waals surface area contributed by atoms with E-state index in [0.717, 1.165) is 35.3 Å². The van der Waals surface area contributed by atoms with Crippen LogP contribution < -0.4 is 21.6 Å². The Bertz CT molecular complexity index is 2230. The molecule has 4 atom stereocenters. The minimum absolute atomic E-state index is 0.274. The highest BCUT2D eigenvalue weighted by Gasteiger charge is 2.63. The molecule has 19 heteroatoms. The van der Waals surface area contributed by atoms with Gasteiger partial charge in [-0.1, -0.05) is 99.1 Å². The zero-order valence-corrected chi connectivity index (χ0v) is 32.4. The highest BCUT2D eigenvalue weighted by molar-refractivity contribution is 7.87. The van der Waals surface area contributed by atoms with Gasteiger partial charge in [-0.15, -0.1) is 0 Å². The molecule has 1 fully saturated rings. The van der Waals surface area contributed by atoms with E-state index >= 15 is 0 Å². The second-order valence-electron chi connectivity index (χ2n) is 13.7. The second kappa shape index (κ2) is 15.3. The fourth-order valence-corrected chi connectivity index (χ4v) is 12.7. The van der Waals surface area contributed by atoms with Crippen LogP contribution in [0.15, 0.2) is 112 Å². The molecule has 0 radical (unpaired) electrons. The predicted molar refractivity (Wildman–Crippen MR) is 193 cm³/mol. The van der Waals surface area contributed by atoms with Crippen LogP contribution in [0.3, 0.4) is 0 Å². The van der Waals surface area contributed by atoms with Crippen molar-refractivity contribution >= 4 is 38.9 Å². The Hall–Kier alpha value is -3.95. The third kappa shape index (κ3) is 8.03. The molecule has 1 aliphatic heterocycles. The molecular formula is C35H39F3N2O11S2Si. The summed E-state index contributed by atoms with van der Waals surface area (Å²) >= 11 is 0. The minimum Gasteiger partial charge on any atom is -0.404 e. The summed E-state index contributed by atoms with van der Waals surface area (Å²) in [6.07, 6.45) is -5.47. The maximum absolute atomic E-state index is 13.9. The number of hydrogen-bond acceptors (Lipinski definition) is 11. The van der Waals surface area contributed by atoms with Crippen molar-refractivity contribution in [2.24, 2.45) is 0 Å². The Balaban J connectivity index is 1.73. The van der Waals surface area contributed by atoms with Crippen LogP contribution in [0.4, 0.5) is 13.2 Å². The molecule has 4 aromatic rings. The topological polar surface area (TPSA) is 169 Å². The van der Waals surface area contributed by atoms with Crippen LogP contribution in [0.1, 0.15) is 32.6 Å². The van der Waals surface area contributed by atoms with E-state index in [2.05, 4.69) is 0 Å². The molecule has 0 aliphatic carbocycles. The van der Waals surface area contributed by atoms with Gasteiger partial charge in [-0.2, -0.15) is 30.0 Å². The highest BCUT2D eigenvalue weighted by atomic mass is 32.2. The van der Waals surface area contributed by atoms with E-state index in [0.29, 0.717) is 4.57 Å². The zero-order chi connectivity index (χ0) is 39.7. The molecule has 2 heterocycles. The maximum Gasteiger partial charge on any atom is 0.523 e. The van der Waals surface area contributed by atoms with Gasteiger partial charge in [0, 0.05) is 19.4 Å². The van der Waals surface area contributed by atoms with E-state index in [4.69, 9.17) is 22.3 Å². The van der Waals surface area contributed by atoms with E-state index in [1.165, 1.54) is 24.3 Å². The number of alkyl halides is 3. The molecule has 0 unspecified atom stereocenters. The summed E-state index contributed by atoms with van der Waals surface area (Å²) in [7, 11) is -13.6. The summed E-state index contributed by atoms with van der Waals surface area (Å²) in [5.74, 6) is 0. The van der Waals surface area contributed by atoms with E-state index in [9.17, 15) is 39.6 Å².